The van der Waals surface area contributed by atoms with Crippen LogP contribution in [0, 0.1) is 19.8 Å². The fourth-order valence-electron chi connectivity index (χ4n) is 2.48. The van der Waals surface area contributed by atoms with Crippen LogP contribution in [0.15, 0.2) is 36.7 Å². The summed E-state index contributed by atoms with van der Waals surface area (Å²) in [6.45, 7) is 9.71. The number of aryl methyl sites for hydroxylation is 3. The Morgan fingerprint density at radius 3 is 2.48 bits per heavy atom. The van der Waals surface area contributed by atoms with Crippen molar-refractivity contribution in [2.75, 3.05) is 5.32 Å². The van der Waals surface area contributed by atoms with Crippen LogP contribution in [-0.4, -0.2) is 10.6 Å². The molecule has 121 valence electrons. The third kappa shape index (κ3) is 5.85. The molecule has 2 aromatic rings. The van der Waals surface area contributed by atoms with Crippen molar-refractivity contribution >= 4 is 11.6 Å². The Labute approximate surface area is 164 Å². The van der Waals surface area contributed by atoms with E-state index in [2.05, 4.69) is 23.8 Å². The first-order valence-electron chi connectivity index (χ1n) is 7.88. The molecule has 0 aliphatic carbocycles. The Balaban J connectivity index is 0.00000264. The number of carbonyl (C=O) groups is 1. The predicted octanol–water partition coefficient (Wildman–Crippen LogP) is 3.07. The summed E-state index contributed by atoms with van der Waals surface area (Å²) in [5.74, 6) is 0.659. The molecule has 0 fully saturated rings. The molecule has 1 aromatic heterocycles. The average molecular weight is 389 g/mol. The second-order valence-electron chi connectivity index (χ2n) is 6.25. The number of para-hydroxylation sites is 1. The molecule has 0 unspecified atom stereocenters. The molecular weight excluding hydrogens is 363 g/mol. The van der Waals surface area contributed by atoms with E-state index in [0.29, 0.717) is 12.5 Å². The molecule has 0 bridgehead atoms. The molecule has 0 atom stereocenters. The van der Waals surface area contributed by atoms with Crippen LogP contribution in [0.5, 0.6) is 0 Å². The maximum Gasteiger partial charge on any atom is 0.292 e. The van der Waals surface area contributed by atoms with Crippen molar-refractivity contribution in [2.24, 2.45) is 5.92 Å². The molecule has 0 aliphatic rings. The van der Waals surface area contributed by atoms with E-state index >= 15 is 0 Å². The fourth-order valence-corrected chi connectivity index (χ4v) is 2.48. The third-order valence-corrected chi connectivity index (χ3v) is 3.83. The zero-order valence-electron chi connectivity index (χ0n) is 14.5. The largest absolute Gasteiger partial charge is 0.320 e. The Kier molecular flexibility index (Phi) is 8.14. The SMILES string of the molecule is Cc1cccc(C)c1NC(=O)C[n+]1cccn1CCC(C)C.[Y]. The molecule has 1 radical (unpaired) electrons. The number of nitrogens with one attached hydrogen (secondary N) is 1. The minimum Gasteiger partial charge on any atom is -0.320 e. The summed E-state index contributed by atoms with van der Waals surface area (Å²) in [6, 6.07) is 8.01. The number of rotatable bonds is 6. The Bertz CT molecular complexity index is 629. The van der Waals surface area contributed by atoms with Crippen molar-refractivity contribution in [1.29, 1.82) is 0 Å². The van der Waals surface area contributed by atoms with Crippen molar-refractivity contribution in [2.45, 2.75) is 47.2 Å². The topological polar surface area (TPSA) is 37.9 Å². The monoisotopic (exact) mass is 389 g/mol. The Morgan fingerprint density at radius 2 is 1.87 bits per heavy atom. The number of anilines is 1. The molecule has 0 aliphatic heterocycles. The van der Waals surface area contributed by atoms with Gasteiger partial charge in [0.25, 0.3) is 5.91 Å². The van der Waals surface area contributed by atoms with Gasteiger partial charge in [0.1, 0.15) is 0 Å². The zero-order valence-corrected chi connectivity index (χ0v) is 17.4. The van der Waals surface area contributed by atoms with E-state index in [0.717, 1.165) is 29.8 Å². The number of aromatic nitrogens is 2. The van der Waals surface area contributed by atoms with E-state index < -0.39 is 0 Å². The maximum absolute atomic E-state index is 12.3. The van der Waals surface area contributed by atoms with E-state index in [1.807, 2.05) is 55.2 Å². The molecular formula is C18H26N3OY+. The van der Waals surface area contributed by atoms with Gasteiger partial charge in [-0.1, -0.05) is 32.0 Å². The van der Waals surface area contributed by atoms with E-state index in [1.54, 1.807) is 0 Å². The summed E-state index contributed by atoms with van der Waals surface area (Å²) in [4.78, 5) is 12.3. The smallest absolute Gasteiger partial charge is 0.292 e. The molecule has 5 heteroatoms. The number of hydrogen-bond acceptors (Lipinski definition) is 1. The van der Waals surface area contributed by atoms with Crippen LogP contribution in [0.2, 0.25) is 0 Å². The Morgan fingerprint density at radius 1 is 1.22 bits per heavy atom. The van der Waals surface area contributed by atoms with Gasteiger partial charge in [-0.3, -0.25) is 4.79 Å². The first-order valence-corrected chi connectivity index (χ1v) is 7.88. The number of carbonyl (C=O) groups excluding carboxylic acids is 1. The normalized spacial score (nSPS) is 10.5. The van der Waals surface area contributed by atoms with Gasteiger partial charge in [-0.15, -0.1) is 4.68 Å². The van der Waals surface area contributed by atoms with Gasteiger partial charge in [-0.25, -0.2) is 0 Å². The summed E-state index contributed by atoms with van der Waals surface area (Å²) in [6.07, 6.45) is 5.08. The summed E-state index contributed by atoms with van der Waals surface area (Å²) >= 11 is 0. The maximum atomic E-state index is 12.3. The van der Waals surface area contributed by atoms with Crippen LogP contribution < -0.4 is 10.00 Å². The summed E-state index contributed by atoms with van der Waals surface area (Å²) < 4.78 is 4.07. The van der Waals surface area contributed by atoms with E-state index in [-0.39, 0.29) is 38.6 Å². The Hall–Kier alpha value is -0.996. The summed E-state index contributed by atoms with van der Waals surface area (Å²) in [7, 11) is 0. The standard InChI is InChI=1S/C18H25N3O.Y/c1-14(2)9-12-20-10-6-11-21(20)13-17(22)19-18-15(3)7-5-8-16(18)4;/h5-8,10-11,14H,9,12-13H2,1-4H3;/p+1. The van der Waals surface area contributed by atoms with Crippen LogP contribution in [0.25, 0.3) is 0 Å². The minimum atomic E-state index is 0. The van der Waals surface area contributed by atoms with Gasteiger partial charge >= 0.3 is 0 Å². The van der Waals surface area contributed by atoms with Gasteiger partial charge in [-0.2, -0.15) is 4.68 Å². The number of hydrogen-bond donors (Lipinski definition) is 1. The van der Waals surface area contributed by atoms with Crippen LogP contribution in [0.4, 0.5) is 5.69 Å². The molecule has 0 spiro atoms. The molecule has 2 rings (SSSR count). The van der Waals surface area contributed by atoms with Crippen LogP contribution in [0.3, 0.4) is 0 Å². The third-order valence-electron chi connectivity index (χ3n) is 3.83. The number of amides is 1. The quantitative estimate of drug-likeness (QED) is 0.758. The van der Waals surface area contributed by atoms with Crippen LogP contribution in [-0.2, 0) is 50.6 Å². The van der Waals surface area contributed by atoms with Crippen molar-refractivity contribution in [3.63, 3.8) is 0 Å². The second kappa shape index (κ2) is 9.34. The van der Waals surface area contributed by atoms with Gasteiger partial charge in [-0.05, 0) is 37.3 Å². The second-order valence-corrected chi connectivity index (χ2v) is 6.25. The van der Waals surface area contributed by atoms with Gasteiger partial charge in [0, 0.05) is 44.5 Å². The van der Waals surface area contributed by atoms with Crippen LogP contribution in [0.1, 0.15) is 31.4 Å². The van der Waals surface area contributed by atoms with Gasteiger partial charge < -0.3 is 5.32 Å². The van der Waals surface area contributed by atoms with Gasteiger partial charge in [0.2, 0.25) is 6.54 Å². The molecule has 4 nitrogen and oxygen atoms in total. The van der Waals surface area contributed by atoms with Gasteiger partial charge in [0.05, 0.1) is 12.7 Å². The molecule has 0 saturated heterocycles. The first kappa shape index (κ1) is 20.0. The van der Waals surface area contributed by atoms with Crippen molar-refractivity contribution in [3.8, 4) is 0 Å². The first-order chi connectivity index (χ1) is 10.5. The fraction of sp³-hybridized carbons (Fsp3) is 0.444. The van der Waals surface area contributed by atoms with Crippen molar-refractivity contribution in [1.82, 2.24) is 4.68 Å². The molecule has 1 amide bonds. The molecule has 1 heterocycles. The molecule has 0 saturated carbocycles. The molecule has 1 aromatic carbocycles. The predicted molar refractivity (Wildman–Crippen MR) is 88.6 cm³/mol. The molecule has 23 heavy (non-hydrogen) atoms. The van der Waals surface area contributed by atoms with Gasteiger partial charge in [0.15, 0.2) is 6.20 Å². The van der Waals surface area contributed by atoms with Crippen LogP contribution >= 0.6 is 0 Å². The minimum absolute atomic E-state index is 0. The average Bonchev–Trinajstić information content (AvgIpc) is 2.88. The summed E-state index contributed by atoms with van der Waals surface area (Å²) in [5, 5.41) is 3.04. The van der Waals surface area contributed by atoms with Crippen molar-refractivity contribution in [3.05, 3.63) is 47.8 Å². The van der Waals surface area contributed by atoms with E-state index in [1.165, 1.54) is 0 Å². The zero-order chi connectivity index (χ0) is 16.1. The van der Waals surface area contributed by atoms with Crippen molar-refractivity contribution < 1.29 is 42.2 Å². The number of nitrogens with zero attached hydrogens (tertiary/aromatic N) is 2. The molecule has 1 N–H and O–H groups in total. The van der Waals surface area contributed by atoms with E-state index in [4.69, 9.17) is 0 Å². The summed E-state index contributed by atoms with van der Waals surface area (Å²) in [5.41, 5.74) is 3.11. The van der Waals surface area contributed by atoms with E-state index in [9.17, 15) is 4.79 Å². The number of benzene rings is 1.